The van der Waals surface area contributed by atoms with Crippen LogP contribution in [-0.2, 0) is 10.2 Å². The molecule has 3 heterocycles. The number of benzene rings is 1. The third-order valence-electron chi connectivity index (χ3n) is 7.13. The van der Waals surface area contributed by atoms with Crippen LogP contribution in [0.15, 0.2) is 22.7 Å². The van der Waals surface area contributed by atoms with Gasteiger partial charge in [0, 0.05) is 37.8 Å². The van der Waals surface area contributed by atoms with Gasteiger partial charge in [-0.3, -0.25) is 4.79 Å². The predicted octanol–water partition coefficient (Wildman–Crippen LogP) is 4.09. The molecule has 2 aromatic rings. The van der Waals surface area contributed by atoms with Crippen LogP contribution in [0.5, 0.6) is 5.75 Å². The van der Waals surface area contributed by atoms with Gasteiger partial charge in [-0.15, -0.1) is 0 Å². The average Bonchev–Trinajstić information content (AvgIpc) is 3.49. The maximum atomic E-state index is 14.2. The molecule has 0 N–H and O–H groups in total. The van der Waals surface area contributed by atoms with Gasteiger partial charge in [-0.1, -0.05) is 18.0 Å². The van der Waals surface area contributed by atoms with Gasteiger partial charge in [0.25, 0.3) is 5.91 Å². The number of hydrogen-bond donors (Lipinski definition) is 0. The fraction of sp³-hybridized carbons (Fsp3) is 0.625. The van der Waals surface area contributed by atoms with Crippen molar-refractivity contribution in [1.82, 2.24) is 15.0 Å². The summed E-state index contributed by atoms with van der Waals surface area (Å²) in [6.07, 6.45) is 6.96. The highest BCUT2D eigenvalue weighted by Gasteiger charge is 2.46. The van der Waals surface area contributed by atoms with Crippen LogP contribution >= 0.6 is 0 Å². The number of ether oxygens (including phenoxy) is 2. The fourth-order valence-corrected chi connectivity index (χ4v) is 5.16. The lowest BCUT2D eigenvalue weighted by atomic mass is 9.74. The summed E-state index contributed by atoms with van der Waals surface area (Å²) in [5.41, 5.74) is 0.0223. The highest BCUT2D eigenvalue weighted by molar-refractivity contribution is 5.94. The maximum absolute atomic E-state index is 14.2. The number of carbonyl (C=O) groups is 1. The Morgan fingerprint density at radius 1 is 1.28 bits per heavy atom. The Balaban J connectivity index is 1.39. The predicted molar refractivity (Wildman–Crippen MR) is 114 cm³/mol. The van der Waals surface area contributed by atoms with Crippen LogP contribution in [-0.4, -0.2) is 54.4 Å². The third kappa shape index (κ3) is 4.25. The number of methoxy groups -OCH3 is 1. The number of halogens is 1. The molecule has 1 amide bonds. The molecule has 7 nitrogen and oxygen atoms in total. The Labute approximate surface area is 187 Å². The first-order chi connectivity index (χ1) is 15.6. The fourth-order valence-electron chi connectivity index (χ4n) is 5.16. The zero-order valence-electron chi connectivity index (χ0n) is 18.5. The van der Waals surface area contributed by atoms with E-state index in [1.54, 1.807) is 6.07 Å². The number of hydrogen-bond acceptors (Lipinski definition) is 6. The lowest BCUT2D eigenvalue weighted by molar-refractivity contribution is 0.0606. The molecule has 2 saturated heterocycles. The Bertz CT molecular complexity index is 970. The van der Waals surface area contributed by atoms with Gasteiger partial charge >= 0.3 is 0 Å². The van der Waals surface area contributed by atoms with Crippen molar-refractivity contribution >= 4 is 5.91 Å². The zero-order chi connectivity index (χ0) is 22.1. The lowest BCUT2D eigenvalue weighted by Gasteiger charge is -2.41. The number of likely N-dealkylation sites (tertiary alicyclic amines) is 1. The van der Waals surface area contributed by atoms with Crippen molar-refractivity contribution in [2.75, 3.05) is 33.4 Å². The summed E-state index contributed by atoms with van der Waals surface area (Å²) < 4.78 is 30.4. The van der Waals surface area contributed by atoms with Crippen LogP contribution in [0.3, 0.4) is 0 Å². The van der Waals surface area contributed by atoms with E-state index in [0.717, 1.165) is 51.1 Å². The van der Waals surface area contributed by atoms with Crippen LogP contribution in [0.2, 0.25) is 0 Å². The van der Waals surface area contributed by atoms with Gasteiger partial charge in [-0.2, -0.15) is 4.98 Å². The minimum absolute atomic E-state index is 0.135. The molecule has 1 aromatic heterocycles. The van der Waals surface area contributed by atoms with Gasteiger partial charge in [-0.05, 0) is 56.2 Å². The summed E-state index contributed by atoms with van der Waals surface area (Å²) in [6.45, 7) is 2.61. The summed E-state index contributed by atoms with van der Waals surface area (Å²) in [4.78, 5) is 20.0. The molecule has 1 unspecified atom stereocenters. The normalized spacial score (nSPS) is 24.5. The van der Waals surface area contributed by atoms with Crippen LogP contribution in [0.4, 0.5) is 4.39 Å². The molecule has 5 rings (SSSR count). The Morgan fingerprint density at radius 2 is 2.09 bits per heavy atom. The quantitative estimate of drug-likeness (QED) is 0.669. The van der Waals surface area contributed by atoms with E-state index in [1.165, 1.54) is 32.1 Å². The number of carbonyl (C=O) groups excluding carboxylic acids is 1. The first kappa shape index (κ1) is 21.4. The second-order valence-electron chi connectivity index (χ2n) is 9.45. The van der Waals surface area contributed by atoms with Crippen molar-refractivity contribution in [3.8, 4) is 5.75 Å². The van der Waals surface area contributed by atoms with Crippen LogP contribution in [0, 0.1) is 11.7 Å². The summed E-state index contributed by atoms with van der Waals surface area (Å²) in [5.74, 6) is 1.75. The minimum atomic E-state index is -0.529. The monoisotopic (exact) mass is 443 g/mol. The molecule has 2 aliphatic heterocycles. The molecular formula is C24H30FN3O4. The van der Waals surface area contributed by atoms with Crippen molar-refractivity contribution < 1.29 is 23.2 Å². The standard InChI is InChI=1S/C24H30FN3O4/c1-30-20-6-5-18(13-19(20)25)22(29)28-10-2-9-24(15-28,14-16-3-4-16)23-26-21(32-27-23)17-7-11-31-12-8-17/h5-6,13,16-17H,2-4,7-12,14-15H2,1H3. The van der Waals surface area contributed by atoms with Gasteiger partial charge in [0.05, 0.1) is 12.5 Å². The molecule has 8 heteroatoms. The number of amides is 1. The van der Waals surface area contributed by atoms with E-state index < -0.39 is 5.82 Å². The molecule has 3 aliphatic rings. The van der Waals surface area contributed by atoms with E-state index in [1.807, 2.05) is 4.90 Å². The summed E-state index contributed by atoms with van der Waals surface area (Å²) in [6, 6.07) is 4.39. The zero-order valence-corrected chi connectivity index (χ0v) is 18.5. The van der Waals surface area contributed by atoms with Crippen LogP contribution < -0.4 is 4.74 Å². The summed E-state index contributed by atoms with van der Waals surface area (Å²) in [5, 5.41) is 4.43. The number of rotatable bonds is 6. The van der Waals surface area contributed by atoms with E-state index in [2.05, 4.69) is 5.16 Å². The van der Waals surface area contributed by atoms with Gasteiger partial charge < -0.3 is 18.9 Å². The van der Waals surface area contributed by atoms with Crippen molar-refractivity contribution in [2.45, 2.75) is 56.3 Å². The smallest absolute Gasteiger partial charge is 0.253 e. The highest BCUT2D eigenvalue weighted by atomic mass is 19.1. The summed E-state index contributed by atoms with van der Waals surface area (Å²) in [7, 11) is 1.41. The number of aromatic nitrogens is 2. The summed E-state index contributed by atoms with van der Waals surface area (Å²) >= 11 is 0. The molecule has 1 saturated carbocycles. The third-order valence-corrected chi connectivity index (χ3v) is 7.13. The lowest BCUT2D eigenvalue weighted by Crippen LogP contribution is -2.49. The topological polar surface area (TPSA) is 77.7 Å². The molecule has 1 aromatic carbocycles. The van der Waals surface area contributed by atoms with E-state index in [-0.39, 0.29) is 23.0 Å². The molecule has 0 radical (unpaired) electrons. The van der Waals surface area contributed by atoms with E-state index in [9.17, 15) is 9.18 Å². The average molecular weight is 444 g/mol. The van der Waals surface area contributed by atoms with E-state index in [4.69, 9.17) is 19.0 Å². The number of piperidine rings is 1. The SMILES string of the molecule is COc1ccc(C(=O)N2CCCC(CC3CC3)(c3noc(C4CCOCC4)n3)C2)cc1F. The first-order valence-corrected chi connectivity index (χ1v) is 11.6. The highest BCUT2D eigenvalue weighted by Crippen LogP contribution is 2.46. The Morgan fingerprint density at radius 3 is 2.81 bits per heavy atom. The molecule has 172 valence electrons. The Hall–Kier alpha value is -2.48. The molecule has 0 bridgehead atoms. The Kier molecular flexibility index (Phi) is 5.88. The van der Waals surface area contributed by atoms with Crippen molar-refractivity contribution in [3.05, 3.63) is 41.3 Å². The molecule has 1 atom stereocenters. The van der Waals surface area contributed by atoms with Gasteiger partial charge in [0.15, 0.2) is 17.4 Å². The van der Waals surface area contributed by atoms with Crippen molar-refractivity contribution in [3.63, 3.8) is 0 Å². The maximum Gasteiger partial charge on any atom is 0.253 e. The van der Waals surface area contributed by atoms with Crippen LogP contribution in [0.25, 0.3) is 0 Å². The molecule has 3 fully saturated rings. The van der Waals surface area contributed by atoms with E-state index >= 15 is 0 Å². The van der Waals surface area contributed by atoms with Gasteiger partial charge in [-0.25, -0.2) is 4.39 Å². The van der Waals surface area contributed by atoms with Gasteiger partial charge in [0.1, 0.15) is 0 Å². The second kappa shape index (κ2) is 8.81. The first-order valence-electron chi connectivity index (χ1n) is 11.6. The molecular weight excluding hydrogens is 413 g/mol. The van der Waals surface area contributed by atoms with Crippen molar-refractivity contribution in [2.24, 2.45) is 5.92 Å². The van der Waals surface area contributed by atoms with Gasteiger partial charge in [0.2, 0.25) is 5.89 Å². The molecule has 32 heavy (non-hydrogen) atoms. The largest absolute Gasteiger partial charge is 0.494 e. The molecule has 0 spiro atoms. The van der Waals surface area contributed by atoms with E-state index in [0.29, 0.717) is 30.5 Å². The van der Waals surface area contributed by atoms with Crippen molar-refractivity contribution in [1.29, 1.82) is 0 Å². The number of nitrogens with zero attached hydrogens (tertiary/aromatic N) is 3. The second-order valence-corrected chi connectivity index (χ2v) is 9.45. The minimum Gasteiger partial charge on any atom is -0.494 e. The molecule has 1 aliphatic carbocycles. The van der Waals surface area contributed by atoms with Crippen LogP contribution in [0.1, 0.15) is 72.9 Å².